The first-order valence-corrected chi connectivity index (χ1v) is 10.4. The van der Waals surface area contributed by atoms with E-state index in [1.807, 2.05) is 48.9 Å². The predicted octanol–water partition coefficient (Wildman–Crippen LogP) is 3.16. The number of fused-ring (bicyclic) bond motifs is 1. The lowest BCUT2D eigenvalue weighted by atomic mass is 9.88. The lowest BCUT2D eigenvalue weighted by molar-refractivity contribution is -0.241. The smallest absolute Gasteiger partial charge is 0.310 e. The van der Waals surface area contributed by atoms with Crippen molar-refractivity contribution < 1.29 is 33.3 Å². The van der Waals surface area contributed by atoms with E-state index in [9.17, 15) is 14.4 Å². The molecular weight excluding hydrogens is 402 g/mol. The van der Waals surface area contributed by atoms with Crippen LogP contribution in [0.3, 0.4) is 0 Å². The first-order chi connectivity index (χ1) is 14.8. The molecule has 8 heteroatoms. The maximum absolute atomic E-state index is 11.9. The van der Waals surface area contributed by atoms with Gasteiger partial charge in [-0.05, 0) is 18.1 Å². The van der Waals surface area contributed by atoms with E-state index in [2.05, 4.69) is 0 Å². The molecule has 5 atom stereocenters. The molecule has 0 bridgehead atoms. The average Bonchev–Trinajstić information content (AvgIpc) is 3.08. The SMILES string of the molecule is CC[C@H]1O[C@@H](n2cc(CC(=O)OC)c3ccccc32)[C@H](OC(C)=O)[C@@H](OC(C)=O)[C@@H]1C. The molecule has 1 aliphatic rings. The summed E-state index contributed by atoms with van der Waals surface area (Å²) in [5.41, 5.74) is 1.58. The van der Waals surface area contributed by atoms with Crippen molar-refractivity contribution in [1.82, 2.24) is 4.57 Å². The highest BCUT2D eigenvalue weighted by Crippen LogP contribution is 2.39. The maximum atomic E-state index is 11.9. The van der Waals surface area contributed by atoms with E-state index < -0.39 is 30.4 Å². The van der Waals surface area contributed by atoms with Crippen LogP contribution in [0.15, 0.2) is 30.5 Å². The van der Waals surface area contributed by atoms with Crippen molar-refractivity contribution >= 4 is 28.8 Å². The van der Waals surface area contributed by atoms with Gasteiger partial charge in [-0.25, -0.2) is 0 Å². The zero-order valence-electron chi connectivity index (χ0n) is 18.5. The zero-order valence-corrected chi connectivity index (χ0v) is 18.5. The first kappa shape index (κ1) is 22.8. The Balaban J connectivity index is 2.13. The molecular formula is C23H29NO7. The fourth-order valence-electron chi connectivity index (χ4n) is 4.28. The van der Waals surface area contributed by atoms with Crippen molar-refractivity contribution in [2.45, 2.75) is 65.1 Å². The molecule has 0 unspecified atom stereocenters. The van der Waals surface area contributed by atoms with E-state index in [1.54, 1.807) is 0 Å². The van der Waals surface area contributed by atoms with Gasteiger partial charge in [0.25, 0.3) is 0 Å². The Bertz CT molecular complexity index is 966. The molecule has 8 nitrogen and oxygen atoms in total. The molecule has 1 aliphatic heterocycles. The van der Waals surface area contributed by atoms with Crippen LogP contribution in [0, 0.1) is 5.92 Å². The summed E-state index contributed by atoms with van der Waals surface area (Å²) in [4.78, 5) is 35.7. The number of hydrogen-bond acceptors (Lipinski definition) is 7. The minimum atomic E-state index is -0.846. The van der Waals surface area contributed by atoms with Gasteiger partial charge in [0.1, 0.15) is 6.10 Å². The third-order valence-electron chi connectivity index (χ3n) is 5.69. The van der Waals surface area contributed by atoms with Gasteiger partial charge in [-0.1, -0.05) is 32.0 Å². The topological polar surface area (TPSA) is 93.1 Å². The summed E-state index contributed by atoms with van der Waals surface area (Å²) >= 11 is 0. The van der Waals surface area contributed by atoms with Crippen molar-refractivity contribution in [2.24, 2.45) is 5.92 Å². The first-order valence-electron chi connectivity index (χ1n) is 10.4. The summed E-state index contributed by atoms with van der Waals surface area (Å²) in [6.07, 6.45) is 0.135. The fraction of sp³-hybridized carbons (Fsp3) is 0.522. The molecule has 3 rings (SSSR count). The molecule has 168 valence electrons. The van der Waals surface area contributed by atoms with Crippen molar-refractivity contribution in [3.8, 4) is 0 Å². The molecule has 1 saturated heterocycles. The van der Waals surface area contributed by atoms with Crippen molar-refractivity contribution in [2.75, 3.05) is 7.11 Å². The van der Waals surface area contributed by atoms with Gasteiger partial charge in [0.2, 0.25) is 0 Å². The Morgan fingerprint density at radius 3 is 2.32 bits per heavy atom. The van der Waals surface area contributed by atoms with Crippen LogP contribution in [0.1, 0.15) is 45.9 Å². The van der Waals surface area contributed by atoms with Crippen LogP contribution in [0.5, 0.6) is 0 Å². The third kappa shape index (κ3) is 4.74. The van der Waals surface area contributed by atoms with Crippen LogP contribution in [-0.2, 0) is 39.8 Å². The van der Waals surface area contributed by atoms with E-state index in [-0.39, 0.29) is 24.4 Å². The number of hydrogen-bond donors (Lipinski definition) is 0. The van der Waals surface area contributed by atoms with Gasteiger partial charge in [-0.2, -0.15) is 0 Å². The molecule has 0 radical (unpaired) electrons. The molecule has 2 heterocycles. The summed E-state index contributed by atoms with van der Waals surface area (Å²) in [6.45, 7) is 6.56. The highest BCUT2D eigenvalue weighted by Gasteiger charge is 2.48. The van der Waals surface area contributed by atoms with Gasteiger partial charge in [-0.3, -0.25) is 14.4 Å². The summed E-state index contributed by atoms with van der Waals surface area (Å²) in [7, 11) is 1.35. The van der Waals surface area contributed by atoms with Gasteiger partial charge < -0.3 is 23.5 Å². The normalized spacial score (nSPS) is 25.8. The number of para-hydroxylation sites is 1. The van der Waals surface area contributed by atoms with Gasteiger partial charge in [0.15, 0.2) is 12.3 Å². The molecule has 1 aromatic heterocycles. The number of rotatable bonds is 6. The number of esters is 3. The van der Waals surface area contributed by atoms with E-state index in [0.29, 0.717) is 6.42 Å². The lowest BCUT2D eigenvalue weighted by Gasteiger charge is -2.44. The lowest BCUT2D eigenvalue weighted by Crippen LogP contribution is -2.54. The van der Waals surface area contributed by atoms with Crippen LogP contribution >= 0.6 is 0 Å². The van der Waals surface area contributed by atoms with Crippen molar-refractivity contribution in [1.29, 1.82) is 0 Å². The second-order valence-corrected chi connectivity index (χ2v) is 7.81. The standard InChI is InChI=1S/C23H29NO7/c1-6-19-13(2)21(29-14(3)25)22(30-15(4)26)23(31-19)24-12-16(11-20(27)28-5)17-9-7-8-10-18(17)24/h7-10,12-13,19,21-23H,6,11H2,1-5H3/t13-,19-,21+,22-,23-/m1/s1. The maximum Gasteiger partial charge on any atom is 0.310 e. The largest absolute Gasteiger partial charge is 0.469 e. The van der Waals surface area contributed by atoms with Gasteiger partial charge >= 0.3 is 17.9 Å². The van der Waals surface area contributed by atoms with Gasteiger partial charge in [0, 0.05) is 31.3 Å². The Morgan fingerprint density at radius 2 is 1.71 bits per heavy atom. The molecule has 0 aliphatic carbocycles. The number of ether oxygens (including phenoxy) is 4. The van der Waals surface area contributed by atoms with E-state index >= 15 is 0 Å². The summed E-state index contributed by atoms with van der Waals surface area (Å²) < 4.78 is 24.3. The van der Waals surface area contributed by atoms with Crippen LogP contribution in [-0.4, -0.2) is 47.9 Å². The monoisotopic (exact) mass is 431 g/mol. The van der Waals surface area contributed by atoms with E-state index in [0.717, 1.165) is 16.5 Å². The molecule has 0 N–H and O–H groups in total. The molecule has 1 aromatic carbocycles. The molecule has 0 saturated carbocycles. The minimum Gasteiger partial charge on any atom is -0.469 e. The third-order valence-corrected chi connectivity index (χ3v) is 5.69. The number of methoxy groups -OCH3 is 1. The number of aromatic nitrogens is 1. The fourth-order valence-corrected chi connectivity index (χ4v) is 4.28. The van der Waals surface area contributed by atoms with Crippen LogP contribution in [0.2, 0.25) is 0 Å². The van der Waals surface area contributed by atoms with E-state index in [1.165, 1.54) is 21.0 Å². The van der Waals surface area contributed by atoms with Crippen molar-refractivity contribution in [3.05, 3.63) is 36.0 Å². The summed E-state index contributed by atoms with van der Waals surface area (Å²) in [5, 5.41) is 0.869. The molecule has 31 heavy (non-hydrogen) atoms. The Labute approximate surface area is 181 Å². The molecule has 2 aromatic rings. The average molecular weight is 431 g/mol. The van der Waals surface area contributed by atoms with Crippen molar-refractivity contribution in [3.63, 3.8) is 0 Å². The van der Waals surface area contributed by atoms with Gasteiger partial charge in [0.05, 0.1) is 25.2 Å². The minimum absolute atomic E-state index is 0.0932. The number of carbonyl (C=O) groups excluding carboxylic acids is 3. The second-order valence-electron chi connectivity index (χ2n) is 7.81. The highest BCUT2D eigenvalue weighted by atomic mass is 16.6. The predicted molar refractivity (Wildman–Crippen MR) is 112 cm³/mol. The van der Waals surface area contributed by atoms with Crippen LogP contribution in [0.25, 0.3) is 10.9 Å². The molecule has 0 amide bonds. The number of carbonyl (C=O) groups is 3. The summed E-state index contributed by atoms with van der Waals surface area (Å²) in [5.74, 6) is -1.48. The Hall–Kier alpha value is -2.87. The quantitative estimate of drug-likeness (QED) is 0.512. The number of nitrogens with zero attached hydrogens (tertiary/aromatic N) is 1. The van der Waals surface area contributed by atoms with E-state index in [4.69, 9.17) is 18.9 Å². The number of benzene rings is 1. The Kier molecular flexibility index (Phi) is 7.00. The van der Waals surface area contributed by atoms with Gasteiger partial charge in [-0.15, -0.1) is 0 Å². The Morgan fingerprint density at radius 1 is 1.06 bits per heavy atom. The van der Waals surface area contributed by atoms with Crippen LogP contribution in [0.4, 0.5) is 0 Å². The summed E-state index contributed by atoms with van der Waals surface area (Å²) in [6, 6.07) is 7.59. The second kappa shape index (κ2) is 9.51. The molecule has 0 spiro atoms. The highest BCUT2D eigenvalue weighted by molar-refractivity contribution is 5.88. The molecule has 1 fully saturated rings. The van der Waals surface area contributed by atoms with Crippen LogP contribution < -0.4 is 0 Å². The zero-order chi connectivity index (χ0) is 22.7.